The Morgan fingerprint density at radius 2 is 2.11 bits per heavy atom. The summed E-state index contributed by atoms with van der Waals surface area (Å²) in [5, 5.41) is 5.43. The van der Waals surface area contributed by atoms with E-state index < -0.39 is 5.54 Å². The number of amides is 1. The first-order valence-corrected chi connectivity index (χ1v) is 7.99. The summed E-state index contributed by atoms with van der Waals surface area (Å²) in [4.78, 5) is 13.3. The van der Waals surface area contributed by atoms with E-state index in [2.05, 4.69) is 5.32 Å². The molecule has 1 amide bonds. The van der Waals surface area contributed by atoms with Crippen LogP contribution in [-0.2, 0) is 0 Å². The lowest BCUT2D eigenvalue weighted by Gasteiger charge is -2.37. The van der Waals surface area contributed by atoms with Crippen LogP contribution in [0.1, 0.15) is 47.3 Å². The van der Waals surface area contributed by atoms with Crippen LogP contribution in [0.5, 0.6) is 0 Å². The number of hydrogen-bond acceptors (Lipinski definition) is 3. The van der Waals surface area contributed by atoms with Crippen LogP contribution in [-0.4, -0.2) is 16.4 Å². The minimum atomic E-state index is -0.536. The molecule has 19 heavy (non-hydrogen) atoms. The number of hydrogen-bond donors (Lipinski definition) is 2. The summed E-state index contributed by atoms with van der Waals surface area (Å²) in [5.41, 5.74) is 6.24. The molecule has 0 aliphatic heterocycles. The predicted octanol–water partition coefficient (Wildman–Crippen LogP) is 3.43. The van der Waals surface area contributed by atoms with Crippen molar-refractivity contribution in [1.82, 2.24) is 5.32 Å². The van der Waals surface area contributed by atoms with Crippen molar-refractivity contribution in [2.45, 2.75) is 44.6 Å². The van der Waals surface area contributed by atoms with E-state index in [9.17, 15) is 4.79 Å². The van der Waals surface area contributed by atoms with Gasteiger partial charge in [-0.2, -0.15) is 0 Å². The fourth-order valence-electron chi connectivity index (χ4n) is 2.45. The Bertz CT molecular complexity index is 507. The van der Waals surface area contributed by atoms with E-state index in [0.717, 1.165) is 31.2 Å². The van der Waals surface area contributed by atoms with Gasteiger partial charge in [-0.25, -0.2) is 0 Å². The third-order valence-electron chi connectivity index (χ3n) is 3.64. The predicted molar refractivity (Wildman–Crippen MR) is 84.1 cm³/mol. The Morgan fingerprint density at radius 1 is 1.47 bits per heavy atom. The molecule has 1 saturated carbocycles. The van der Waals surface area contributed by atoms with Gasteiger partial charge in [-0.15, -0.1) is 11.3 Å². The van der Waals surface area contributed by atoms with Crippen LogP contribution in [0.25, 0.3) is 0 Å². The van der Waals surface area contributed by atoms with E-state index >= 15 is 0 Å². The smallest absolute Gasteiger partial charge is 0.263 e. The van der Waals surface area contributed by atoms with E-state index in [1.165, 1.54) is 17.8 Å². The molecule has 0 unspecified atom stereocenters. The maximum absolute atomic E-state index is 12.4. The van der Waals surface area contributed by atoms with Crippen molar-refractivity contribution in [1.29, 1.82) is 0 Å². The summed E-state index contributed by atoms with van der Waals surface area (Å²) in [6.45, 7) is 1.89. The van der Waals surface area contributed by atoms with Gasteiger partial charge in [0.25, 0.3) is 5.91 Å². The summed E-state index contributed by atoms with van der Waals surface area (Å²) in [6, 6.07) is 0. The molecule has 1 aliphatic carbocycles. The molecule has 0 spiro atoms. The van der Waals surface area contributed by atoms with E-state index in [4.69, 9.17) is 29.6 Å². The number of rotatable bonds is 3. The Labute approximate surface area is 127 Å². The van der Waals surface area contributed by atoms with Gasteiger partial charge in [-0.3, -0.25) is 4.79 Å². The summed E-state index contributed by atoms with van der Waals surface area (Å²) in [5.74, 6) is -0.169. The van der Waals surface area contributed by atoms with Crippen molar-refractivity contribution in [2.75, 3.05) is 0 Å². The second-order valence-corrected chi connectivity index (χ2v) is 6.72. The average Bonchev–Trinajstić information content (AvgIpc) is 2.71. The maximum atomic E-state index is 12.4. The molecule has 0 saturated heterocycles. The Balaban J connectivity index is 2.20. The number of halogens is 1. The lowest BCUT2D eigenvalue weighted by Crippen LogP contribution is -2.57. The molecule has 0 radical (unpaired) electrons. The molecule has 6 heteroatoms. The molecule has 104 valence electrons. The number of aryl methyl sites for hydroxylation is 1. The Hall–Kier alpha value is -0.650. The zero-order chi connectivity index (χ0) is 14.0. The Kier molecular flexibility index (Phi) is 4.48. The zero-order valence-electron chi connectivity index (χ0n) is 10.8. The van der Waals surface area contributed by atoms with Gasteiger partial charge in [0.2, 0.25) is 0 Å². The molecule has 0 atom stereocenters. The first-order valence-electron chi connectivity index (χ1n) is 6.32. The first kappa shape index (κ1) is 14.8. The molecule has 1 aliphatic rings. The maximum Gasteiger partial charge on any atom is 0.263 e. The molecule has 1 aromatic rings. The molecule has 2 rings (SSSR count). The van der Waals surface area contributed by atoms with Crippen LogP contribution in [0.15, 0.2) is 5.38 Å². The highest BCUT2D eigenvalue weighted by molar-refractivity contribution is 7.80. The summed E-state index contributed by atoms with van der Waals surface area (Å²) in [7, 11) is 0. The first-order chi connectivity index (χ1) is 8.96. The van der Waals surface area contributed by atoms with Crippen molar-refractivity contribution in [3.8, 4) is 0 Å². The fraction of sp³-hybridized carbons (Fsp3) is 0.538. The second-order valence-electron chi connectivity index (χ2n) is 5.02. The lowest BCUT2D eigenvalue weighted by atomic mass is 9.81. The highest BCUT2D eigenvalue weighted by atomic mass is 35.5. The molecule has 3 nitrogen and oxygen atoms in total. The van der Waals surface area contributed by atoms with Crippen LogP contribution in [0.4, 0.5) is 0 Å². The van der Waals surface area contributed by atoms with Gasteiger partial charge in [-0.05, 0) is 30.7 Å². The number of nitrogens with two attached hydrogens (primary N) is 1. The van der Waals surface area contributed by atoms with Crippen molar-refractivity contribution in [3.63, 3.8) is 0 Å². The quantitative estimate of drug-likeness (QED) is 0.840. The zero-order valence-corrected chi connectivity index (χ0v) is 13.2. The van der Waals surface area contributed by atoms with Crippen molar-refractivity contribution in [3.05, 3.63) is 20.8 Å². The van der Waals surface area contributed by atoms with Gasteiger partial charge < -0.3 is 11.1 Å². The number of nitrogens with one attached hydrogen (secondary N) is 1. The topological polar surface area (TPSA) is 55.1 Å². The van der Waals surface area contributed by atoms with E-state index in [-0.39, 0.29) is 5.91 Å². The lowest BCUT2D eigenvalue weighted by molar-refractivity contribution is 0.0912. The standard InChI is InChI=1S/C13H17ClN2OS2/c1-8-7-19-10(9(8)14)11(17)16-13(12(15)18)5-3-2-4-6-13/h7H,2-6H2,1H3,(H2,15,18)(H,16,17). The van der Waals surface area contributed by atoms with Gasteiger partial charge in [0.1, 0.15) is 4.88 Å². The Morgan fingerprint density at radius 3 is 2.58 bits per heavy atom. The molecule has 0 aromatic carbocycles. The number of thiophene rings is 1. The van der Waals surface area contributed by atoms with Gasteiger partial charge in [0.15, 0.2) is 0 Å². The van der Waals surface area contributed by atoms with Crippen LogP contribution >= 0.6 is 35.2 Å². The summed E-state index contributed by atoms with van der Waals surface area (Å²) in [6.07, 6.45) is 4.87. The van der Waals surface area contributed by atoms with Gasteiger partial charge in [0, 0.05) is 0 Å². The number of carbonyl (C=O) groups is 1. The average molecular weight is 317 g/mol. The molecule has 1 aromatic heterocycles. The molecular weight excluding hydrogens is 300 g/mol. The highest BCUT2D eigenvalue weighted by Crippen LogP contribution is 2.31. The van der Waals surface area contributed by atoms with E-state index in [0.29, 0.717) is 14.9 Å². The highest BCUT2D eigenvalue weighted by Gasteiger charge is 2.37. The van der Waals surface area contributed by atoms with Gasteiger partial charge in [0.05, 0.1) is 15.6 Å². The van der Waals surface area contributed by atoms with Crippen LogP contribution in [0, 0.1) is 6.92 Å². The minimum absolute atomic E-state index is 0.169. The minimum Gasteiger partial charge on any atom is -0.391 e. The van der Waals surface area contributed by atoms with Crippen LogP contribution in [0.2, 0.25) is 5.02 Å². The third kappa shape index (κ3) is 2.93. The molecule has 1 fully saturated rings. The monoisotopic (exact) mass is 316 g/mol. The fourth-order valence-corrected chi connectivity index (χ4v) is 3.87. The van der Waals surface area contributed by atoms with Crippen molar-refractivity contribution < 1.29 is 4.79 Å². The van der Waals surface area contributed by atoms with Crippen molar-refractivity contribution >= 4 is 46.1 Å². The van der Waals surface area contributed by atoms with Gasteiger partial charge >= 0.3 is 0 Å². The molecule has 1 heterocycles. The van der Waals surface area contributed by atoms with Crippen LogP contribution < -0.4 is 11.1 Å². The largest absolute Gasteiger partial charge is 0.391 e. The third-order valence-corrected chi connectivity index (χ3v) is 5.72. The number of carbonyl (C=O) groups excluding carboxylic acids is 1. The van der Waals surface area contributed by atoms with E-state index in [1.807, 2.05) is 12.3 Å². The summed E-state index contributed by atoms with van der Waals surface area (Å²) < 4.78 is 0. The SMILES string of the molecule is Cc1csc(C(=O)NC2(C(N)=S)CCCCC2)c1Cl. The van der Waals surface area contributed by atoms with Crippen LogP contribution in [0.3, 0.4) is 0 Å². The molecular formula is C13H17ClN2OS2. The number of thiocarbonyl (C=S) groups is 1. The summed E-state index contributed by atoms with van der Waals surface area (Å²) >= 11 is 12.7. The molecule has 0 bridgehead atoms. The van der Waals surface area contributed by atoms with Gasteiger partial charge in [-0.1, -0.05) is 43.1 Å². The normalized spacial score (nSPS) is 18.0. The van der Waals surface area contributed by atoms with E-state index in [1.54, 1.807) is 0 Å². The second kappa shape index (κ2) is 5.77. The van der Waals surface area contributed by atoms with Crippen molar-refractivity contribution in [2.24, 2.45) is 5.73 Å². The molecule has 3 N–H and O–H groups in total.